The molecule has 1 saturated carbocycles. The molecule has 4 heteroatoms. The van der Waals surface area contributed by atoms with Gasteiger partial charge in [0.1, 0.15) is 0 Å². The average Bonchev–Trinajstić information content (AvgIpc) is 3.00. The highest BCUT2D eigenvalue weighted by Crippen LogP contribution is 2.36. The van der Waals surface area contributed by atoms with Crippen LogP contribution in [-0.4, -0.2) is 15.3 Å². The van der Waals surface area contributed by atoms with Gasteiger partial charge in [-0.05, 0) is 31.9 Å². The fraction of sp³-hybridized carbons (Fsp3) is 0.333. The number of carbonyl (C=O) groups excluding carboxylic acids is 1. The van der Waals surface area contributed by atoms with Crippen molar-refractivity contribution >= 4 is 16.8 Å². The van der Waals surface area contributed by atoms with Gasteiger partial charge in [-0.15, -0.1) is 0 Å². The molecule has 1 heterocycles. The number of nitrogens with one attached hydrogen (secondary N) is 1. The zero-order valence-corrected chi connectivity index (χ0v) is 8.99. The lowest BCUT2D eigenvalue weighted by Crippen LogP contribution is -2.16. The normalized spacial score (nSPS) is 15.6. The lowest BCUT2D eigenvalue weighted by molar-refractivity contribution is 0.101. The number of Topliss-reactive ketones (excluding diaryl/α,β-unsaturated/α-hetero) is 1. The Kier molecular flexibility index (Phi) is 1.80. The van der Waals surface area contributed by atoms with Crippen LogP contribution in [0.3, 0.4) is 0 Å². The fourth-order valence-electron chi connectivity index (χ4n) is 2.15. The van der Waals surface area contributed by atoms with Crippen LogP contribution in [-0.2, 0) is 0 Å². The second-order valence-electron chi connectivity index (χ2n) is 4.29. The quantitative estimate of drug-likeness (QED) is 0.779. The van der Waals surface area contributed by atoms with E-state index in [1.807, 2.05) is 6.07 Å². The van der Waals surface area contributed by atoms with Crippen molar-refractivity contribution in [3.63, 3.8) is 0 Å². The smallest absolute Gasteiger partial charge is 0.306 e. The monoisotopic (exact) mass is 216 g/mol. The number of ketones is 1. The van der Waals surface area contributed by atoms with Crippen LogP contribution in [0.4, 0.5) is 0 Å². The van der Waals surface area contributed by atoms with Crippen molar-refractivity contribution in [2.75, 3.05) is 0 Å². The molecular formula is C12H12N2O2. The first kappa shape index (κ1) is 9.39. The third-order valence-corrected chi connectivity index (χ3v) is 3.03. The van der Waals surface area contributed by atoms with E-state index in [1.54, 1.807) is 16.7 Å². The Morgan fingerprint density at radius 3 is 2.81 bits per heavy atom. The van der Waals surface area contributed by atoms with Gasteiger partial charge < -0.3 is 4.98 Å². The van der Waals surface area contributed by atoms with Gasteiger partial charge in [-0.25, -0.2) is 4.79 Å². The molecular weight excluding hydrogens is 204 g/mol. The van der Waals surface area contributed by atoms with Gasteiger partial charge in [-0.2, -0.15) is 0 Å². The number of rotatable bonds is 2. The number of para-hydroxylation sites is 1. The van der Waals surface area contributed by atoms with Crippen molar-refractivity contribution < 1.29 is 4.79 Å². The molecule has 0 atom stereocenters. The van der Waals surface area contributed by atoms with Crippen LogP contribution in [0.15, 0.2) is 23.0 Å². The van der Waals surface area contributed by atoms with Gasteiger partial charge in [0.2, 0.25) is 0 Å². The number of nitrogens with zero attached hydrogens (tertiary/aromatic N) is 1. The maximum Gasteiger partial charge on any atom is 0.326 e. The number of imidazole rings is 1. The van der Waals surface area contributed by atoms with Crippen LogP contribution in [0.2, 0.25) is 0 Å². The van der Waals surface area contributed by atoms with E-state index < -0.39 is 0 Å². The molecule has 0 radical (unpaired) electrons. The molecule has 4 nitrogen and oxygen atoms in total. The summed E-state index contributed by atoms with van der Waals surface area (Å²) in [7, 11) is 0. The second-order valence-corrected chi connectivity index (χ2v) is 4.29. The molecule has 3 rings (SSSR count). The summed E-state index contributed by atoms with van der Waals surface area (Å²) in [5.74, 6) is -0.000926. The molecule has 0 unspecified atom stereocenters. The van der Waals surface area contributed by atoms with Gasteiger partial charge in [-0.3, -0.25) is 9.36 Å². The van der Waals surface area contributed by atoms with Gasteiger partial charge in [0.25, 0.3) is 0 Å². The summed E-state index contributed by atoms with van der Waals surface area (Å²) in [5.41, 5.74) is 2.04. The number of H-pyrrole nitrogens is 1. The Hall–Kier alpha value is -1.84. The van der Waals surface area contributed by atoms with Crippen LogP contribution in [0, 0.1) is 0 Å². The number of carbonyl (C=O) groups is 1. The maximum absolute atomic E-state index is 11.8. The van der Waals surface area contributed by atoms with Crippen LogP contribution < -0.4 is 5.69 Å². The van der Waals surface area contributed by atoms with Crippen LogP contribution in [0.5, 0.6) is 0 Å². The molecule has 82 valence electrons. The minimum Gasteiger partial charge on any atom is -0.306 e. The molecule has 1 N–H and O–H groups in total. The molecule has 2 aromatic rings. The Labute approximate surface area is 91.9 Å². The van der Waals surface area contributed by atoms with E-state index in [9.17, 15) is 9.59 Å². The van der Waals surface area contributed by atoms with Crippen molar-refractivity contribution in [1.29, 1.82) is 0 Å². The third kappa shape index (κ3) is 1.23. The highest BCUT2D eigenvalue weighted by Gasteiger charge is 2.28. The van der Waals surface area contributed by atoms with E-state index in [2.05, 4.69) is 4.98 Å². The van der Waals surface area contributed by atoms with Crippen LogP contribution >= 0.6 is 0 Å². The van der Waals surface area contributed by atoms with E-state index in [-0.39, 0.29) is 17.5 Å². The summed E-state index contributed by atoms with van der Waals surface area (Å²) < 4.78 is 1.73. The summed E-state index contributed by atoms with van der Waals surface area (Å²) in [5, 5.41) is 0. The molecule has 0 amide bonds. The first-order valence-corrected chi connectivity index (χ1v) is 5.42. The number of fused-ring (bicyclic) bond motifs is 1. The number of aromatic amines is 1. The lowest BCUT2D eigenvalue weighted by Gasteiger charge is -2.03. The van der Waals surface area contributed by atoms with E-state index in [1.165, 1.54) is 6.92 Å². The summed E-state index contributed by atoms with van der Waals surface area (Å²) in [6, 6.07) is 5.69. The Bertz CT molecular complexity index is 632. The van der Waals surface area contributed by atoms with E-state index in [0.29, 0.717) is 5.56 Å². The number of hydrogen-bond donors (Lipinski definition) is 1. The predicted molar refractivity (Wildman–Crippen MR) is 60.8 cm³/mol. The summed E-state index contributed by atoms with van der Waals surface area (Å²) in [6.45, 7) is 1.53. The number of aromatic nitrogens is 2. The maximum atomic E-state index is 11.8. The summed E-state index contributed by atoms with van der Waals surface area (Å²) in [4.78, 5) is 26.1. The van der Waals surface area contributed by atoms with Crippen LogP contribution in [0.25, 0.3) is 11.0 Å². The van der Waals surface area contributed by atoms with Crippen molar-refractivity contribution in [2.45, 2.75) is 25.8 Å². The summed E-state index contributed by atoms with van der Waals surface area (Å²) in [6.07, 6.45) is 2.05. The molecule has 0 aliphatic heterocycles. The second kappa shape index (κ2) is 3.07. The van der Waals surface area contributed by atoms with E-state index in [4.69, 9.17) is 0 Å². The molecule has 1 aliphatic carbocycles. The zero-order valence-electron chi connectivity index (χ0n) is 8.99. The Balaban J connectivity index is 2.43. The number of benzene rings is 1. The standard InChI is InChI=1S/C12H12N2O2/c1-7(15)9-3-2-4-10-11(9)14(8-5-6-8)12(16)13-10/h2-4,8H,5-6H2,1H3,(H,13,16). The minimum absolute atomic E-state index is 0.000926. The van der Waals surface area contributed by atoms with E-state index in [0.717, 1.165) is 23.9 Å². The molecule has 0 saturated heterocycles. The van der Waals surface area contributed by atoms with Crippen molar-refractivity contribution in [2.24, 2.45) is 0 Å². The topological polar surface area (TPSA) is 54.9 Å². The molecule has 0 bridgehead atoms. The van der Waals surface area contributed by atoms with Crippen molar-refractivity contribution in [3.05, 3.63) is 34.2 Å². The lowest BCUT2D eigenvalue weighted by atomic mass is 10.1. The first-order chi connectivity index (χ1) is 7.68. The van der Waals surface area contributed by atoms with E-state index >= 15 is 0 Å². The molecule has 1 fully saturated rings. The zero-order chi connectivity index (χ0) is 11.3. The largest absolute Gasteiger partial charge is 0.326 e. The Morgan fingerprint density at radius 1 is 1.44 bits per heavy atom. The minimum atomic E-state index is -0.105. The molecule has 0 spiro atoms. The first-order valence-electron chi connectivity index (χ1n) is 5.42. The van der Waals surface area contributed by atoms with Crippen LogP contribution in [0.1, 0.15) is 36.2 Å². The fourth-order valence-corrected chi connectivity index (χ4v) is 2.15. The molecule has 1 aliphatic rings. The van der Waals surface area contributed by atoms with Crippen molar-refractivity contribution in [1.82, 2.24) is 9.55 Å². The highest BCUT2D eigenvalue weighted by molar-refractivity contribution is 6.05. The van der Waals surface area contributed by atoms with Gasteiger partial charge in [0, 0.05) is 11.6 Å². The SMILES string of the molecule is CC(=O)c1cccc2[nH]c(=O)n(C3CC3)c12. The molecule has 16 heavy (non-hydrogen) atoms. The molecule has 1 aromatic carbocycles. The number of hydrogen-bond acceptors (Lipinski definition) is 2. The van der Waals surface area contributed by atoms with Gasteiger partial charge in [0.15, 0.2) is 5.78 Å². The Morgan fingerprint density at radius 2 is 2.19 bits per heavy atom. The van der Waals surface area contributed by atoms with Gasteiger partial charge in [0.05, 0.1) is 11.0 Å². The van der Waals surface area contributed by atoms with Gasteiger partial charge in [-0.1, -0.05) is 6.07 Å². The predicted octanol–water partition coefficient (Wildman–Crippen LogP) is 1.87. The highest BCUT2D eigenvalue weighted by atomic mass is 16.1. The molecule has 1 aromatic heterocycles. The van der Waals surface area contributed by atoms with Gasteiger partial charge >= 0.3 is 5.69 Å². The van der Waals surface area contributed by atoms with Crippen molar-refractivity contribution in [3.8, 4) is 0 Å². The third-order valence-electron chi connectivity index (χ3n) is 3.03. The summed E-state index contributed by atoms with van der Waals surface area (Å²) >= 11 is 0. The average molecular weight is 216 g/mol.